The zero-order valence-electron chi connectivity index (χ0n) is 21.9. The van der Waals surface area contributed by atoms with E-state index in [-0.39, 0.29) is 23.0 Å². The van der Waals surface area contributed by atoms with E-state index >= 15 is 0 Å². The van der Waals surface area contributed by atoms with Gasteiger partial charge in [0.2, 0.25) is 11.8 Å². The number of halogens is 2. The summed E-state index contributed by atoms with van der Waals surface area (Å²) in [5.74, 6) is -0.295. The second kappa shape index (κ2) is 13.7. The molecule has 0 aliphatic carbocycles. The molecule has 1 N–H and O–H groups in total. The number of amides is 2. The number of benzene rings is 3. The van der Waals surface area contributed by atoms with Gasteiger partial charge >= 0.3 is 0 Å². The number of carbonyl (C=O) groups is 2. The number of nitrogens with zero attached hydrogens (tertiary/aromatic N) is 2. The van der Waals surface area contributed by atoms with Crippen LogP contribution in [0.1, 0.15) is 25.8 Å². The molecular formula is C28H31Cl2N3O5S. The lowest BCUT2D eigenvalue weighted by molar-refractivity contribution is -0.140. The molecule has 0 bridgehead atoms. The first-order valence-electron chi connectivity index (χ1n) is 12.3. The first-order valence-corrected chi connectivity index (χ1v) is 14.5. The highest BCUT2D eigenvalue weighted by atomic mass is 35.5. The highest BCUT2D eigenvalue weighted by molar-refractivity contribution is 7.92. The Morgan fingerprint density at radius 1 is 0.949 bits per heavy atom. The molecule has 0 unspecified atom stereocenters. The molecule has 2 amide bonds. The normalized spacial score (nSPS) is 11.9. The van der Waals surface area contributed by atoms with Crippen molar-refractivity contribution in [1.29, 1.82) is 0 Å². The van der Waals surface area contributed by atoms with E-state index in [0.29, 0.717) is 28.8 Å². The number of likely N-dealkylation sites (N-methyl/N-ethyl adjacent to an activating group) is 1. The molecule has 0 aliphatic heterocycles. The lowest BCUT2D eigenvalue weighted by Crippen LogP contribution is -2.52. The van der Waals surface area contributed by atoms with E-state index in [4.69, 9.17) is 27.9 Å². The molecule has 8 nitrogen and oxygen atoms in total. The maximum absolute atomic E-state index is 14.0. The second-order valence-electron chi connectivity index (χ2n) is 8.64. The number of carbonyl (C=O) groups excluding carboxylic acids is 2. The monoisotopic (exact) mass is 591 g/mol. The van der Waals surface area contributed by atoms with Gasteiger partial charge in [0.25, 0.3) is 10.0 Å². The van der Waals surface area contributed by atoms with Gasteiger partial charge in [0.1, 0.15) is 18.3 Å². The Hall–Kier alpha value is -3.27. The minimum absolute atomic E-state index is 0.0465. The van der Waals surface area contributed by atoms with Gasteiger partial charge in [-0.15, -0.1) is 0 Å². The molecular weight excluding hydrogens is 561 g/mol. The van der Waals surface area contributed by atoms with Crippen molar-refractivity contribution in [3.05, 3.63) is 88.4 Å². The van der Waals surface area contributed by atoms with Crippen molar-refractivity contribution in [3.63, 3.8) is 0 Å². The largest absolute Gasteiger partial charge is 0.497 e. The van der Waals surface area contributed by atoms with E-state index in [2.05, 4.69) is 5.32 Å². The van der Waals surface area contributed by atoms with Gasteiger partial charge in [0.05, 0.1) is 17.7 Å². The number of hydrogen-bond acceptors (Lipinski definition) is 5. The van der Waals surface area contributed by atoms with Crippen molar-refractivity contribution in [2.24, 2.45) is 0 Å². The van der Waals surface area contributed by atoms with Gasteiger partial charge < -0.3 is 15.0 Å². The number of nitrogens with one attached hydrogen (secondary N) is 1. The lowest BCUT2D eigenvalue weighted by Gasteiger charge is -2.33. The van der Waals surface area contributed by atoms with E-state index < -0.39 is 28.5 Å². The second-order valence-corrected chi connectivity index (χ2v) is 11.4. The molecule has 0 spiro atoms. The van der Waals surface area contributed by atoms with E-state index in [1.165, 1.54) is 42.3 Å². The summed E-state index contributed by atoms with van der Waals surface area (Å²) in [7, 11) is -2.68. The van der Waals surface area contributed by atoms with Gasteiger partial charge in [-0.2, -0.15) is 0 Å². The third-order valence-corrected chi connectivity index (χ3v) is 8.28. The van der Waals surface area contributed by atoms with Crippen molar-refractivity contribution < 1.29 is 22.7 Å². The van der Waals surface area contributed by atoms with Crippen LogP contribution in [0.25, 0.3) is 0 Å². The first-order chi connectivity index (χ1) is 18.6. The molecule has 0 fully saturated rings. The molecule has 208 valence electrons. The van der Waals surface area contributed by atoms with Crippen molar-refractivity contribution in [1.82, 2.24) is 10.2 Å². The van der Waals surface area contributed by atoms with Crippen LogP contribution in [0.3, 0.4) is 0 Å². The zero-order chi connectivity index (χ0) is 28.6. The van der Waals surface area contributed by atoms with Crippen LogP contribution in [0.5, 0.6) is 5.75 Å². The number of rotatable bonds is 12. The Morgan fingerprint density at radius 3 is 2.26 bits per heavy atom. The molecule has 3 aromatic rings. The smallest absolute Gasteiger partial charge is 0.264 e. The van der Waals surface area contributed by atoms with Crippen LogP contribution in [0.4, 0.5) is 5.69 Å². The molecule has 0 aliphatic rings. The average Bonchev–Trinajstić information content (AvgIpc) is 2.92. The van der Waals surface area contributed by atoms with Gasteiger partial charge in [0.15, 0.2) is 0 Å². The summed E-state index contributed by atoms with van der Waals surface area (Å²) in [5, 5.41) is 3.45. The minimum atomic E-state index is -4.21. The fourth-order valence-corrected chi connectivity index (χ4v) is 5.79. The van der Waals surface area contributed by atoms with Crippen LogP contribution >= 0.6 is 23.2 Å². The van der Waals surface area contributed by atoms with Crippen molar-refractivity contribution in [2.75, 3.05) is 24.5 Å². The predicted octanol–water partition coefficient (Wildman–Crippen LogP) is 5.14. The summed E-state index contributed by atoms with van der Waals surface area (Å²) in [5.41, 5.74) is 0.929. The predicted molar refractivity (Wildman–Crippen MR) is 154 cm³/mol. The topological polar surface area (TPSA) is 96.0 Å². The Morgan fingerprint density at radius 2 is 1.64 bits per heavy atom. The summed E-state index contributed by atoms with van der Waals surface area (Å²) < 4.78 is 33.9. The van der Waals surface area contributed by atoms with Crippen molar-refractivity contribution in [3.8, 4) is 5.75 Å². The summed E-state index contributed by atoms with van der Waals surface area (Å²) in [6, 6.07) is 18.2. The average molecular weight is 593 g/mol. The third kappa shape index (κ3) is 7.65. The Kier molecular flexibility index (Phi) is 10.6. The quantitative estimate of drug-likeness (QED) is 0.314. The standard InChI is InChI=1S/C28H31Cl2N3O5S/c1-4-26(28(35)31-5-2)32(18-20-8-6-11-24(16-20)38-3)27(34)19-33(23-10-7-9-22(30)17-23)39(36,37)25-14-12-21(29)13-15-25/h6-17,26H,4-5,18-19H2,1-3H3,(H,31,35)/t26-/m1/s1. The fraction of sp³-hybridized carbons (Fsp3) is 0.286. The van der Waals surface area contributed by atoms with Gasteiger partial charge in [-0.3, -0.25) is 13.9 Å². The van der Waals surface area contributed by atoms with Gasteiger partial charge in [0, 0.05) is 23.1 Å². The van der Waals surface area contributed by atoms with E-state index in [9.17, 15) is 18.0 Å². The van der Waals surface area contributed by atoms with Crippen molar-refractivity contribution >= 4 is 50.7 Å². The zero-order valence-corrected chi connectivity index (χ0v) is 24.3. The Bertz CT molecular complexity index is 1400. The highest BCUT2D eigenvalue weighted by Crippen LogP contribution is 2.28. The lowest BCUT2D eigenvalue weighted by atomic mass is 10.1. The molecule has 39 heavy (non-hydrogen) atoms. The van der Waals surface area contributed by atoms with Crippen LogP contribution in [0.15, 0.2) is 77.7 Å². The van der Waals surface area contributed by atoms with Gasteiger partial charge in [-0.25, -0.2) is 8.42 Å². The summed E-state index contributed by atoms with van der Waals surface area (Å²) in [6.07, 6.45) is 0.322. The van der Waals surface area contributed by atoms with Crippen LogP contribution < -0.4 is 14.4 Å². The van der Waals surface area contributed by atoms with Gasteiger partial charge in [-0.1, -0.05) is 48.3 Å². The molecule has 0 heterocycles. The molecule has 0 saturated heterocycles. The van der Waals surface area contributed by atoms with E-state index in [1.807, 2.05) is 6.07 Å². The minimum Gasteiger partial charge on any atom is -0.497 e. The number of anilines is 1. The van der Waals surface area contributed by atoms with Gasteiger partial charge in [-0.05, 0) is 73.5 Å². The fourth-order valence-electron chi connectivity index (χ4n) is 4.07. The number of methoxy groups -OCH3 is 1. The maximum atomic E-state index is 14.0. The molecule has 3 rings (SSSR count). The van der Waals surface area contributed by atoms with Crippen molar-refractivity contribution in [2.45, 2.75) is 37.8 Å². The summed E-state index contributed by atoms with van der Waals surface area (Å²) >= 11 is 12.2. The summed E-state index contributed by atoms with van der Waals surface area (Å²) in [4.78, 5) is 28.3. The Labute approximate surface area is 239 Å². The molecule has 11 heteroatoms. The number of sulfonamides is 1. The van der Waals surface area contributed by atoms with E-state index in [0.717, 1.165) is 9.87 Å². The van der Waals surface area contributed by atoms with Crippen LogP contribution in [0.2, 0.25) is 10.0 Å². The summed E-state index contributed by atoms with van der Waals surface area (Å²) in [6.45, 7) is 3.47. The first kappa shape index (κ1) is 30.3. The number of hydrogen-bond donors (Lipinski definition) is 1. The Balaban J connectivity index is 2.07. The molecule has 0 aromatic heterocycles. The molecule has 3 aromatic carbocycles. The van der Waals surface area contributed by atoms with Crippen LogP contribution in [-0.2, 0) is 26.2 Å². The SMILES string of the molecule is CCNC(=O)[C@@H](CC)N(Cc1cccc(OC)c1)C(=O)CN(c1cccc(Cl)c1)S(=O)(=O)c1ccc(Cl)cc1. The van der Waals surface area contributed by atoms with Crippen LogP contribution in [-0.4, -0.2) is 51.4 Å². The third-order valence-electron chi connectivity index (χ3n) is 6.00. The molecule has 1 atom stereocenters. The van der Waals surface area contributed by atoms with Crippen LogP contribution in [0, 0.1) is 0 Å². The van der Waals surface area contributed by atoms with E-state index in [1.54, 1.807) is 50.2 Å². The maximum Gasteiger partial charge on any atom is 0.264 e. The number of ether oxygens (including phenoxy) is 1. The molecule has 0 radical (unpaired) electrons. The highest BCUT2D eigenvalue weighted by Gasteiger charge is 2.33. The molecule has 0 saturated carbocycles.